The summed E-state index contributed by atoms with van der Waals surface area (Å²) in [6.45, 7) is 3.89. The molecule has 3 aliphatic rings. The first-order valence-electron chi connectivity index (χ1n) is 8.94. The first-order valence-corrected chi connectivity index (χ1v) is 8.94. The summed E-state index contributed by atoms with van der Waals surface area (Å²) >= 11 is 0. The van der Waals surface area contributed by atoms with E-state index >= 15 is 0 Å². The van der Waals surface area contributed by atoms with Crippen LogP contribution < -0.4 is 4.74 Å². The zero-order valence-electron chi connectivity index (χ0n) is 14.1. The molecule has 4 rings (SSSR count). The average Bonchev–Trinajstić information content (AvgIpc) is 3.29. The van der Waals surface area contributed by atoms with Crippen LogP contribution in [0.2, 0.25) is 0 Å². The molecule has 0 N–H and O–H groups in total. The maximum absolute atomic E-state index is 5.95. The van der Waals surface area contributed by atoms with Gasteiger partial charge in [-0.2, -0.15) is 0 Å². The van der Waals surface area contributed by atoms with Gasteiger partial charge in [-0.1, -0.05) is 12.1 Å². The first-order chi connectivity index (χ1) is 11.3. The number of ether oxygens (including phenoxy) is 3. The molecule has 0 atom stereocenters. The van der Waals surface area contributed by atoms with Gasteiger partial charge in [-0.3, -0.25) is 4.90 Å². The van der Waals surface area contributed by atoms with Crippen molar-refractivity contribution in [3.63, 3.8) is 0 Å². The Bertz CT molecular complexity index is 537. The molecule has 0 aromatic heterocycles. The van der Waals surface area contributed by atoms with Crippen molar-refractivity contribution >= 4 is 0 Å². The summed E-state index contributed by atoms with van der Waals surface area (Å²) in [6, 6.07) is 8.66. The predicted molar refractivity (Wildman–Crippen MR) is 88.6 cm³/mol. The van der Waals surface area contributed by atoms with Gasteiger partial charge in [-0.05, 0) is 56.5 Å². The lowest BCUT2D eigenvalue weighted by Gasteiger charge is -2.49. The highest BCUT2D eigenvalue weighted by molar-refractivity contribution is 5.34. The van der Waals surface area contributed by atoms with E-state index in [9.17, 15) is 0 Å². The normalized spacial score (nSPS) is 26.7. The van der Waals surface area contributed by atoms with Crippen molar-refractivity contribution in [2.75, 3.05) is 33.4 Å². The van der Waals surface area contributed by atoms with Gasteiger partial charge in [0.1, 0.15) is 5.75 Å². The van der Waals surface area contributed by atoms with E-state index in [0.29, 0.717) is 0 Å². The van der Waals surface area contributed by atoms with Crippen molar-refractivity contribution in [1.29, 1.82) is 0 Å². The number of hydrogen-bond acceptors (Lipinski definition) is 4. The van der Waals surface area contributed by atoms with Crippen LogP contribution in [0.1, 0.15) is 44.1 Å². The quantitative estimate of drug-likeness (QED) is 0.856. The molecule has 1 spiro atoms. The number of nitrogens with zero attached hydrogens (tertiary/aromatic N) is 1. The molecule has 1 aromatic rings. The molecule has 1 aliphatic carbocycles. The molecule has 1 saturated carbocycles. The van der Waals surface area contributed by atoms with Gasteiger partial charge in [0.15, 0.2) is 5.79 Å². The van der Waals surface area contributed by atoms with Gasteiger partial charge in [0, 0.05) is 18.4 Å². The van der Waals surface area contributed by atoms with Crippen LogP contribution in [0.4, 0.5) is 0 Å². The second-order valence-electron chi connectivity index (χ2n) is 7.07. The van der Waals surface area contributed by atoms with Crippen molar-refractivity contribution in [2.24, 2.45) is 0 Å². The van der Waals surface area contributed by atoms with Gasteiger partial charge >= 0.3 is 0 Å². The van der Waals surface area contributed by atoms with Gasteiger partial charge in [0.25, 0.3) is 0 Å². The van der Waals surface area contributed by atoms with Gasteiger partial charge in [0.05, 0.1) is 20.3 Å². The molecule has 23 heavy (non-hydrogen) atoms. The van der Waals surface area contributed by atoms with Crippen molar-refractivity contribution < 1.29 is 14.2 Å². The highest BCUT2D eigenvalue weighted by Gasteiger charge is 2.49. The number of benzene rings is 1. The van der Waals surface area contributed by atoms with Crippen LogP contribution in [0.5, 0.6) is 5.75 Å². The molecule has 0 unspecified atom stereocenters. The van der Waals surface area contributed by atoms with Crippen LogP contribution in [-0.4, -0.2) is 44.1 Å². The van der Waals surface area contributed by atoms with Gasteiger partial charge < -0.3 is 14.2 Å². The molecule has 2 heterocycles. The molecule has 0 amide bonds. The van der Waals surface area contributed by atoms with Crippen molar-refractivity contribution in [1.82, 2.24) is 4.90 Å². The minimum absolute atomic E-state index is 0.117. The van der Waals surface area contributed by atoms with E-state index in [2.05, 4.69) is 23.1 Å². The smallest absolute Gasteiger partial charge is 0.168 e. The molecule has 4 heteroatoms. The lowest BCUT2D eigenvalue weighted by Crippen LogP contribution is -2.51. The topological polar surface area (TPSA) is 30.9 Å². The lowest BCUT2D eigenvalue weighted by atomic mass is 9.73. The molecule has 0 bridgehead atoms. The number of likely N-dealkylation sites (tertiary alicyclic amines) is 1. The third kappa shape index (κ3) is 2.67. The van der Waals surface area contributed by atoms with E-state index in [4.69, 9.17) is 14.2 Å². The highest BCUT2D eigenvalue weighted by Crippen LogP contribution is 2.49. The van der Waals surface area contributed by atoms with E-state index < -0.39 is 0 Å². The Balaban J connectivity index is 1.65. The molecule has 4 nitrogen and oxygen atoms in total. The van der Waals surface area contributed by atoms with Crippen molar-refractivity contribution in [3.05, 3.63) is 29.8 Å². The third-order valence-electron chi connectivity index (χ3n) is 5.97. The Hall–Kier alpha value is -1.10. The number of methoxy groups -OCH3 is 1. The van der Waals surface area contributed by atoms with Crippen LogP contribution >= 0.6 is 0 Å². The fraction of sp³-hybridized carbons (Fsp3) is 0.684. The standard InChI is InChI=1S/C19H27NO3/c1-21-17-6-4-5-16(15-17)18(20-11-2-3-12-20)7-9-19(10-8-18)22-13-14-23-19/h4-6,15H,2-3,7-14H2,1H3. The molecule has 3 fully saturated rings. The molecule has 2 saturated heterocycles. The minimum Gasteiger partial charge on any atom is -0.497 e. The Labute approximate surface area is 138 Å². The van der Waals surface area contributed by atoms with Crippen LogP contribution in [0.3, 0.4) is 0 Å². The Morgan fingerprint density at radius 3 is 2.35 bits per heavy atom. The summed E-state index contributed by atoms with van der Waals surface area (Å²) < 4.78 is 17.4. The zero-order valence-corrected chi connectivity index (χ0v) is 14.1. The summed E-state index contributed by atoms with van der Waals surface area (Å²) in [5.74, 6) is 0.650. The minimum atomic E-state index is -0.303. The van der Waals surface area contributed by atoms with E-state index in [1.165, 1.54) is 31.5 Å². The van der Waals surface area contributed by atoms with E-state index in [1.54, 1.807) is 7.11 Å². The Morgan fingerprint density at radius 1 is 1.00 bits per heavy atom. The van der Waals surface area contributed by atoms with Gasteiger partial charge in [-0.15, -0.1) is 0 Å². The molecule has 126 valence electrons. The van der Waals surface area contributed by atoms with Crippen LogP contribution in [0.25, 0.3) is 0 Å². The van der Waals surface area contributed by atoms with Crippen LogP contribution in [0, 0.1) is 0 Å². The van der Waals surface area contributed by atoms with E-state index in [-0.39, 0.29) is 11.3 Å². The summed E-state index contributed by atoms with van der Waals surface area (Å²) in [7, 11) is 1.75. The Morgan fingerprint density at radius 2 is 1.70 bits per heavy atom. The zero-order chi connectivity index (χ0) is 15.8. The average molecular weight is 317 g/mol. The summed E-state index contributed by atoms with van der Waals surface area (Å²) in [4.78, 5) is 2.70. The van der Waals surface area contributed by atoms with Crippen LogP contribution in [0.15, 0.2) is 24.3 Å². The fourth-order valence-corrected chi connectivity index (χ4v) is 4.68. The SMILES string of the molecule is COc1cccc(C2(N3CCCC3)CCC3(CC2)OCCO3)c1. The first kappa shape index (κ1) is 15.4. The van der Waals surface area contributed by atoms with Gasteiger partial charge in [0.2, 0.25) is 0 Å². The monoisotopic (exact) mass is 317 g/mol. The Kier molecular flexibility index (Phi) is 4.08. The maximum atomic E-state index is 5.95. The summed E-state index contributed by atoms with van der Waals surface area (Å²) in [5, 5.41) is 0. The fourth-order valence-electron chi connectivity index (χ4n) is 4.68. The number of hydrogen-bond donors (Lipinski definition) is 0. The molecule has 0 radical (unpaired) electrons. The lowest BCUT2D eigenvalue weighted by molar-refractivity contribution is -0.195. The number of rotatable bonds is 3. The second kappa shape index (κ2) is 6.08. The second-order valence-corrected chi connectivity index (χ2v) is 7.07. The molecular weight excluding hydrogens is 290 g/mol. The van der Waals surface area contributed by atoms with E-state index in [1.807, 2.05) is 6.07 Å². The predicted octanol–water partition coefficient (Wildman–Crippen LogP) is 3.30. The van der Waals surface area contributed by atoms with Crippen molar-refractivity contribution in [2.45, 2.75) is 49.9 Å². The maximum Gasteiger partial charge on any atom is 0.168 e. The van der Waals surface area contributed by atoms with Crippen LogP contribution in [-0.2, 0) is 15.0 Å². The largest absolute Gasteiger partial charge is 0.497 e. The van der Waals surface area contributed by atoms with Crippen molar-refractivity contribution in [3.8, 4) is 5.75 Å². The molecular formula is C19H27NO3. The highest BCUT2D eigenvalue weighted by atomic mass is 16.7. The summed E-state index contributed by atoms with van der Waals surface area (Å²) in [6.07, 6.45) is 6.79. The molecule has 1 aromatic carbocycles. The third-order valence-corrected chi connectivity index (χ3v) is 5.97. The van der Waals surface area contributed by atoms with E-state index in [0.717, 1.165) is 44.6 Å². The van der Waals surface area contributed by atoms with Gasteiger partial charge in [-0.25, -0.2) is 0 Å². The summed E-state index contributed by atoms with van der Waals surface area (Å²) in [5.41, 5.74) is 1.51. The molecule has 2 aliphatic heterocycles.